The van der Waals surface area contributed by atoms with Gasteiger partial charge in [0.25, 0.3) is 5.91 Å². The van der Waals surface area contributed by atoms with E-state index in [0.29, 0.717) is 12.2 Å². The zero-order valence-electron chi connectivity index (χ0n) is 12.8. The van der Waals surface area contributed by atoms with Crippen molar-refractivity contribution in [2.75, 3.05) is 6.54 Å². The molecule has 1 N–H and O–H groups in total. The van der Waals surface area contributed by atoms with Crippen molar-refractivity contribution in [3.63, 3.8) is 0 Å². The molecule has 5 heteroatoms. The van der Waals surface area contributed by atoms with Crippen LogP contribution >= 0.6 is 0 Å². The van der Waals surface area contributed by atoms with Crippen LogP contribution in [-0.2, 0) is 11.2 Å². The van der Waals surface area contributed by atoms with Gasteiger partial charge >= 0.3 is 5.97 Å². The Morgan fingerprint density at radius 1 is 1.48 bits per heavy atom. The lowest BCUT2D eigenvalue weighted by Crippen LogP contribution is -2.48. The third kappa shape index (κ3) is 2.77. The third-order valence-corrected chi connectivity index (χ3v) is 4.37. The lowest BCUT2D eigenvalue weighted by Gasteiger charge is -2.34. The van der Waals surface area contributed by atoms with Gasteiger partial charge in [0, 0.05) is 18.8 Å². The zero-order chi connectivity index (χ0) is 15.6. The molecule has 1 amide bonds. The first-order valence-electron chi connectivity index (χ1n) is 7.37. The molecule has 2 rings (SSSR count). The molecule has 2 heterocycles. The topological polar surface area (TPSA) is 70.5 Å². The number of carbonyl (C=O) groups excluding carboxylic acids is 1. The van der Waals surface area contributed by atoms with Crippen molar-refractivity contribution in [1.29, 1.82) is 0 Å². The second-order valence-corrected chi connectivity index (χ2v) is 6.05. The van der Waals surface area contributed by atoms with E-state index in [1.807, 2.05) is 19.1 Å². The number of hydrogen-bond acceptors (Lipinski definition) is 3. The minimum absolute atomic E-state index is 0.149. The Kier molecular flexibility index (Phi) is 4.30. The fraction of sp³-hybridized carbons (Fsp3) is 0.562. The minimum atomic E-state index is -0.951. The van der Waals surface area contributed by atoms with Gasteiger partial charge in [-0.2, -0.15) is 0 Å². The summed E-state index contributed by atoms with van der Waals surface area (Å²) in [4.78, 5) is 30.2. The lowest BCUT2D eigenvalue weighted by atomic mass is 9.83. The van der Waals surface area contributed by atoms with Crippen LogP contribution < -0.4 is 0 Å². The number of rotatable bonds is 4. The number of aliphatic carboxylic acids is 1. The monoisotopic (exact) mass is 290 g/mol. The molecule has 1 aromatic heterocycles. The van der Waals surface area contributed by atoms with E-state index in [2.05, 4.69) is 4.98 Å². The predicted octanol–water partition coefficient (Wildman–Crippen LogP) is 2.36. The maximum absolute atomic E-state index is 12.8. The van der Waals surface area contributed by atoms with Gasteiger partial charge in [0.2, 0.25) is 0 Å². The number of aryl methyl sites for hydroxylation is 1. The molecule has 1 unspecified atom stereocenters. The average Bonchev–Trinajstić information content (AvgIpc) is 2.96. The Balaban J connectivity index is 2.32. The van der Waals surface area contributed by atoms with Gasteiger partial charge in [0.15, 0.2) is 0 Å². The molecule has 114 valence electrons. The second kappa shape index (κ2) is 5.84. The smallest absolute Gasteiger partial charge is 0.311 e. The third-order valence-electron chi connectivity index (χ3n) is 4.37. The first-order chi connectivity index (χ1) is 9.89. The molecular formula is C16H22N2O3. The molecular weight excluding hydrogens is 268 g/mol. The SMILES string of the molecule is CCc1cccnc1C(=O)N1CCCC1C(C)(C)C(=O)O. The van der Waals surface area contributed by atoms with Crippen molar-refractivity contribution in [2.45, 2.75) is 46.1 Å². The van der Waals surface area contributed by atoms with Crippen molar-refractivity contribution >= 4 is 11.9 Å². The summed E-state index contributed by atoms with van der Waals surface area (Å²) in [6.07, 6.45) is 3.90. The summed E-state index contributed by atoms with van der Waals surface area (Å²) >= 11 is 0. The van der Waals surface area contributed by atoms with Crippen LogP contribution in [0.5, 0.6) is 0 Å². The van der Waals surface area contributed by atoms with Crippen molar-refractivity contribution in [3.8, 4) is 0 Å². The van der Waals surface area contributed by atoms with Crippen molar-refractivity contribution in [1.82, 2.24) is 9.88 Å². The number of hydrogen-bond donors (Lipinski definition) is 1. The molecule has 1 atom stereocenters. The van der Waals surface area contributed by atoms with Gasteiger partial charge in [-0.05, 0) is 44.7 Å². The maximum Gasteiger partial charge on any atom is 0.311 e. The molecule has 21 heavy (non-hydrogen) atoms. The van der Waals surface area contributed by atoms with Gasteiger partial charge in [-0.3, -0.25) is 14.6 Å². The van der Waals surface area contributed by atoms with E-state index in [0.717, 1.165) is 24.8 Å². The van der Waals surface area contributed by atoms with Crippen LogP contribution in [0.1, 0.15) is 49.7 Å². The van der Waals surface area contributed by atoms with Crippen LogP contribution in [0.4, 0.5) is 0 Å². The van der Waals surface area contributed by atoms with E-state index in [1.165, 1.54) is 0 Å². The largest absolute Gasteiger partial charge is 0.481 e. The van der Waals surface area contributed by atoms with Gasteiger partial charge in [-0.15, -0.1) is 0 Å². The van der Waals surface area contributed by atoms with Gasteiger partial charge in [-0.1, -0.05) is 13.0 Å². The summed E-state index contributed by atoms with van der Waals surface area (Å²) < 4.78 is 0. The molecule has 1 saturated heterocycles. The minimum Gasteiger partial charge on any atom is -0.481 e. The molecule has 1 aliphatic heterocycles. The molecule has 0 aromatic carbocycles. The van der Waals surface area contributed by atoms with E-state index in [9.17, 15) is 14.7 Å². The van der Waals surface area contributed by atoms with Gasteiger partial charge < -0.3 is 10.0 Å². The Bertz CT molecular complexity index is 554. The van der Waals surface area contributed by atoms with Gasteiger partial charge in [0.05, 0.1) is 5.41 Å². The second-order valence-electron chi connectivity index (χ2n) is 6.05. The standard InChI is InChI=1S/C16H22N2O3/c1-4-11-7-5-9-17-13(11)14(19)18-10-6-8-12(18)16(2,3)15(20)21/h5,7,9,12H,4,6,8,10H2,1-3H3,(H,20,21). The Labute approximate surface area is 125 Å². The lowest BCUT2D eigenvalue weighted by molar-refractivity contribution is -0.149. The van der Waals surface area contributed by atoms with Crippen molar-refractivity contribution in [2.24, 2.45) is 5.41 Å². The number of carbonyl (C=O) groups is 2. The van der Waals surface area contributed by atoms with Crippen LogP contribution in [0.15, 0.2) is 18.3 Å². The van der Waals surface area contributed by atoms with Crippen LogP contribution in [0, 0.1) is 5.41 Å². The Hall–Kier alpha value is -1.91. The highest BCUT2D eigenvalue weighted by atomic mass is 16.4. The molecule has 1 aromatic rings. The fourth-order valence-corrected chi connectivity index (χ4v) is 2.96. The highest BCUT2D eigenvalue weighted by Gasteiger charge is 2.45. The molecule has 1 aliphatic rings. The van der Waals surface area contributed by atoms with Crippen molar-refractivity contribution < 1.29 is 14.7 Å². The molecule has 1 fully saturated rings. The van der Waals surface area contributed by atoms with E-state index in [4.69, 9.17) is 0 Å². The molecule has 0 radical (unpaired) electrons. The molecule has 0 saturated carbocycles. The molecule has 0 aliphatic carbocycles. The summed E-state index contributed by atoms with van der Waals surface area (Å²) in [6, 6.07) is 3.43. The van der Waals surface area contributed by atoms with Gasteiger partial charge in [0.1, 0.15) is 5.69 Å². The number of carboxylic acids is 1. The quantitative estimate of drug-likeness (QED) is 0.924. The van der Waals surface area contributed by atoms with E-state index in [-0.39, 0.29) is 11.9 Å². The predicted molar refractivity (Wildman–Crippen MR) is 79.1 cm³/mol. The van der Waals surface area contributed by atoms with Crippen LogP contribution in [0.25, 0.3) is 0 Å². The highest BCUT2D eigenvalue weighted by Crippen LogP contribution is 2.34. The summed E-state index contributed by atoms with van der Waals surface area (Å²) in [5.41, 5.74) is 0.405. The number of likely N-dealkylation sites (tertiary alicyclic amines) is 1. The zero-order valence-corrected chi connectivity index (χ0v) is 12.8. The summed E-state index contributed by atoms with van der Waals surface area (Å²) in [7, 11) is 0. The summed E-state index contributed by atoms with van der Waals surface area (Å²) in [5, 5.41) is 9.42. The Morgan fingerprint density at radius 2 is 2.19 bits per heavy atom. The number of aromatic nitrogens is 1. The average molecular weight is 290 g/mol. The Morgan fingerprint density at radius 3 is 2.81 bits per heavy atom. The van der Waals surface area contributed by atoms with Crippen molar-refractivity contribution in [3.05, 3.63) is 29.6 Å². The van der Waals surface area contributed by atoms with Crippen LogP contribution in [0.2, 0.25) is 0 Å². The number of amides is 1. The first-order valence-corrected chi connectivity index (χ1v) is 7.37. The summed E-state index contributed by atoms with van der Waals surface area (Å²) in [5.74, 6) is -1.02. The first kappa shape index (κ1) is 15.5. The van der Waals surface area contributed by atoms with E-state index in [1.54, 1.807) is 24.9 Å². The fourth-order valence-electron chi connectivity index (χ4n) is 2.96. The molecule has 5 nitrogen and oxygen atoms in total. The highest BCUT2D eigenvalue weighted by molar-refractivity contribution is 5.94. The molecule has 0 spiro atoms. The molecule has 0 bridgehead atoms. The van der Waals surface area contributed by atoms with Crippen LogP contribution in [-0.4, -0.2) is 39.5 Å². The maximum atomic E-state index is 12.8. The normalized spacial score (nSPS) is 18.8. The summed E-state index contributed by atoms with van der Waals surface area (Å²) in [6.45, 7) is 5.95. The number of pyridine rings is 1. The van der Waals surface area contributed by atoms with E-state index < -0.39 is 11.4 Å². The number of nitrogens with zero attached hydrogens (tertiary/aromatic N) is 2. The number of carboxylic acid groups (broad SMARTS) is 1. The van der Waals surface area contributed by atoms with Crippen LogP contribution in [0.3, 0.4) is 0 Å². The van der Waals surface area contributed by atoms with Gasteiger partial charge in [-0.25, -0.2) is 0 Å². The van der Waals surface area contributed by atoms with E-state index >= 15 is 0 Å².